The minimum absolute atomic E-state index is 0. The molecule has 0 amide bonds. The molecule has 36 heavy (non-hydrogen) atoms. The molecule has 0 atom stereocenters. The quantitative estimate of drug-likeness (QED) is 0.0919. The second kappa shape index (κ2) is 19.1. The van der Waals surface area contributed by atoms with Gasteiger partial charge in [0.1, 0.15) is 0 Å². The first-order valence-electron chi connectivity index (χ1n) is 9.00. The van der Waals surface area contributed by atoms with Crippen LogP contribution in [0.5, 0.6) is 0 Å². The summed E-state index contributed by atoms with van der Waals surface area (Å²) in [5.74, 6) is 0. The third-order valence-corrected chi connectivity index (χ3v) is 2.84. The molecule has 0 fully saturated rings. The maximum atomic E-state index is 9.87. The molecular formula is C20H24CoF6N4O4P-2. The van der Waals surface area contributed by atoms with Gasteiger partial charge in [-0.3, -0.25) is 0 Å². The minimum atomic E-state index is -10.7. The summed E-state index contributed by atoms with van der Waals surface area (Å²) in [5, 5.41) is 45.8. The van der Waals surface area contributed by atoms with Gasteiger partial charge in [-0.05, 0) is 27.7 Å². The van der Waals surface area contributed by atoms with E-state index in [1.807, 2.05) is 60.7 Å². The molecule has 0 aliphatic carbocycles. The molecule has 0 saturated heterocycles. The molecule has 2 aromatic carbocycles. The third-order valence-electron chi connectivity index (χ3n) is 2.84. The van der Waals surface area contributed by atoms with Gasteiger partial charge in [0.15, 0.2) is 0 Å². The van der Waals surface area contributed by atoms with Gasteiger partial charge in [-0.15, -0.1) is 0 Å². The predicted molar refractivity (Wildman–Crippen MR) is 127 cm³/mol. The van der Waals surface area contributed by atoms with Crippen LogP contribution < -0.4 is 0 Å². The molecule has 2 N–H and O–H groups in total. The van der Waals surface area contributed by atoms with Crippen LogP contribution in [0.15, 0.2) is 81.3 Å². The standard InChI is InChI=1S/2C6H5.2C4H8N2O2.Co.F6P/c2*1-2-4-6-5-3-1;2*1-3(5-7)4(2)6-8;;1-7(2,3,4,5)6/h2*1-5H;2*7-8H,1-2H3;;/q2*-1;;;+3;-1/p-2. The molecule has 8 nitrogen and oxygen atoms in total. The molecule has 0 aliphatic rings. The largest absolute Gasteiger partial charge is 3.00 e. The summed E-state index contributed by atoms with van der Waals surface area (Å²) in [7, 11) is -10.7. The van der Waals surface area contributed by atoms with Crippen LogP contribution in [-0.2, 0) is 16.8 Å². The number of rotatable bonds is 2. The van der Waals surface area contributed by atoms with Crippen LogP contribution in [0.3, 0.4) is 0 Å². The van der Waals surface area contributed by atoms with Crippen molar-refractivity contribution >= 4 is 30.7 Å². The van der Waals surface area contributed by atoms with Gasteiger partial charge in [0.25, 0.3) is 0 Å². The molecule has 2 rings (SSSR count). The van der Waals surface area contributed by atoms with E-state index in [0.717, 1.165) is 0 Å². The summed E-state index contributed by atoms with van der Waals surface area (Å²) in [6.45, 7) is 5.94. The maximum Gasteiger partial charge on any atom is 3.00 e. The normalized spacial score (nSPS) is 13.5. The van der Waals surface area contributed by atoms with Crippen LogP contribution in [0.2, 0.25) is 0 Å². The first-order chi connectivity index (χ1) is 15.9. The Morgan fingerprint density at radius 1 is 0.583 bits per heavy atom. The van der Waals surface area contributed by atoms with E-state index in [4.69, 9.17) is 10.4 Å². The second-order valence-electron chi connectivity index (χ2n) is 5.84. The zero-order chi connectivity index (χ0) is 28.0. The van der Waals surface area contributed by atoms with Gasteiger partial charge in [0.2, 0.25) is 0 Å². The Morgan fingerprint density at radius 3 is 0.861 bits per heavy atom. The van der Waals surface area contributed by atoms with Gasteiger partial charge in [0, 0.05) is 0 Å². The topological polar surface area (TPSA) is 136 Å². The van der Waals surface area contributed by atoms with Crippen LogP contribution >= 0.6 is 7.81 Å². The summed E-state index contributed by atoms with van der Waals surface area (Å²) in [6, 6.07) is 25.0. The van der Waals surface area contributed by atoms with E-state index in [1.54, 1.807) is 0 Å². The van der Waals surface area contributed by atoms with E-state index in [-0.39, 0.29) is 39.6 Å². The third kappa shape index (κ3) is 44.5. The Kier molecular flexibility index (Phi) is 21.2. The average molecular weight is 588 g/mol. The van der Waals surface area contributed by atoms with Crippen molar-refractivity contribution in [1.82, 2.24) is 0 Å². The van der Waals surface area contributed by atoms with Gasteiger partial charge in [-0.1, -0.05) is 10.3 Å². The Bertz CT molecular complexity index is 772. The van der Waals surface area contributed by atoms with E-state index in [0.29, 0.717) is 0 Å². The van der Waals surface area contributed by atoms with E-state index >= 15 is 0 Å². The van der Waals surface area contributed by atoms with Gasteiger partial charge < -0.3 is 31.1 Å². The Labute approximate surface area is 214 Å². The summed E-state index contributed by atoms with van der Waals surface area (Å²) in [5.41, 5.74) is 0.903. The molecule has 16 heteroatoms. The van der Waals surface area contributed by atoms with Crippen molar-refractivity contribution < 1.29 is 52.4 Å². The molecule has 0 aromatic heterocycles. The van der Waals surface area contributed by atoms with Crippen molar-refractivity contribution in [3.63, 3.8) is 0 Å². The SMILES string of the molecule is CC(=N[O-])C(C)=NO.CC(=N[O-])C(C)=NO.F[P-](F)(F)(F)(F)F.[Co+3].[c-]1ccccc1.[c-]1ccccc1. The number of nitrogens with zero attached hydrogens (tertiary/aromatic N) is 4. The van der Waals surface area contributed by atoms with Gasteiger partial charge >= 0.3 is 49.8 Å². The fraction of sp³-hybridized carbons (Fsp3) is 0.200. The second-order valence-corrected chi connectivity index (χ2v) is 7.75. The van der Waals surface area contributed by atoms with E-state index < -0.39 is 7.81 Å². The fourth-order valence-electron chi connectivity index (χ4n) is 0.961. The van der Waals surface area contributed by atoms with E-state index in [1.165, 1.54) is 27.7 Å². The Morgan fingerprint density at radius 2 is 0.806 bits per heavy atom. The summed E-state index contributed by atoms with van der Waals surface area (Å²) in [4.78, 5) is 0. The van der Waals surface area contributed by atoms with Crippen molar-refractivity contribution in [3.05, 3.63) is 83.2 Å². The van der Waals surface area contributed by atoms with Crippen molar-refractivity contribution in [1.29, 1.82) is 0 Å². The molecule has 0 bridgehead atoms. The van der Waals surface area contributed by atoms with E-state index in [2.05, 4.69) is 32.8 Å². The van der Waals surface area contributed by atoms with Crippen LogP contribution in [0.4, 0.5) is 25.2 Å². The molecule has 0 unspecified atom stereocenters. The monoisotopic (exact) mass is 588 g/mol. The van der Waals surface area contributed by atoms with Crippen molar-refractivity contribution in [3.8, 4) is 0 Å². The summed E-state index contributed by atoms with van der Waals surface area (Å²) < 4.78 is 59.2. The average Bonchev–Trinajstić information content (AvgIpc) is 2.83. The Balaban J connectivity index is -0.000000177. The molecule has 0 heterocycles. The van der Waals surface area contributed by atoms with Gasteiger partial charge in [-0.2, -0.15) is 72.8 Å². The zero-order valence-electron chi connectivity index (χ0n) is 19.3. The van der Waals surface area contributed by atoms with Crippen LogP contribution in [-0.4, -0.2) is 33.3 Å². The number of hydrogen-bond acceptors (Lipinski definition) is 8. The number of benzene rings is 2. The summed E-state index contributed by atoms with van der Waals surface area (Å²) >= 11 is 0. The molecule has 0 saturated carbocycles. The van der Waals surface area contributed by atoms with Crippen molar-refractivity contribution in [2.75, 3.05) is 0 Å². The van der Waals surface area contributed by atoms with Crippen LogP contribution in [0.1, 0.15) is 27.7 Å². The molecule has 0 aliphatic heterocycles. The van der Waals surface area contributed by atoms with Crippen LogP contribution in [0, 0.1) is 22.5 Å². The summed E-state index contributed by atoms with van der Waals surface area (Å²) in [6.07, 6.45) is 0. The molecule has 0 radical (unpaired) electrons. The first kappa shape index (κ1) is 40.0. The zero-order valence-corrected chi connectivity index (χ0v) is 21.3. The smallest absolute Gasteiger partial charge is 0.184 e. The number of halogens is 6. The van der Waals surface area contributed by atoms with Gasteiger partial charge in [0.05, 0.1) is 22.8 Å². The van der Waals surface area contributed by atoms with Gasteiger partial charge in [-0.25, -0.2) is 0 Å². The maximum absolute atomic E-state index is 10.7. The minimum Gasteiger partial charge on any atom is -0.184 e. The van der Waals surface area contributed by atoms with Crippen molar-refractivity contribution in [2.45, 2.75) is 27.7 Å². The molecule has 0 spiro atoms. The van der Waals surface area contributed by atoms with Crippen LogP contribution in [0.25, 0.3) is 0 Å². The fourth-order valence-corrected chi connectivity index (χ4v) is 0.961. The Hall–Kier alpha value is -3.16. The van der Waals surface area contributed by atoms with E-state index in [9.17, 15) is 35.6 Å². The predicted octanol–water partition coefficient (Wildman–Crippen LogP) is 7.94. The number of hydrogen-bond donors (Lipinski definition) is 2. The molecule has 2 aromatic rings. The molecule has 206 valence electrons. The van der Waals surface area contributed by atoms with Crippen molar-refractivity contribution in [2.24, 2.45) is 20.6 Å². The molecular weight excluding hydrogens is 564 g/mol. The first-order valence-corrected chi connectivity index (χ1v) is 11.0. The number of oxime groups is 2.